The molecule has 2 aromatic carbocycles. The number of nitrogens with two attached hydrogens (primary N) is 1. The number of esters is 1. The summed E-state index contributed by atoms with van der Waals surface area (Å²) < 4.78 is 11.5. The molecule has 0 bridgehead atoms. The first-order chi connectivity index (χ1) is 19.3. The molecule has 1 saturated heterocycles. The standard InChI is InChI=1S/C28H31N5O7/c1-39-13-12-32(24-25(29)33(28(38)30-26(24)36)16-20-10-6-3-7-11-20)23(35)18-40-27(37)21-14-22(34)31(17-21)15-19-8-4-2-5-9-19/h2-11,21H,12-18,29H2,1H3,(H,30,36,38)/t21-/m0/s1. The number of aromatic amines is 1. The van der Waals surface area contributed by atoms with Gasteiger partial charge in [0.15, 0.2) is 12.3 Å². The summed E-state index contributed by atoms with van der Waals surface area (Å²) in [6, 6.07) is 18.4. The number of carbonyl (C=O) groups is 3. The zero-order valence-corrected chi connectivity index (χ0v) is 22.1. The van der Waals surface area contributed by atoms with Crippen LogP contribution in [0.4, 0.5) is 11.5 Å². The average molecular weight is 550 g/mol. The Kier molecular flexibility index (Phi) is 9.12. The number of anilines is 2. The van der Waals surface area contributed by atoms with Gasteiger partial charge in [-0.25, -0.2) is 4.79 Å². The number of rotatable bonds is 11. The largest absolute Gasteiger partial charge is 0.455 e. The van der Waals surface area contributed by atoms with Crippen LogP contribution in [0.3, 0.4) is 0 Å². The van der Waals surface area contributed by atoms with Crippen molar-refractivity contribution in [1.82, 2.24) is 14.5 Å². The van der Waals surface area contributed by atoms with Gasteiger partial charge in [-0.05, 0) is 11.1 Å². The minimum Gasteiger partial charge on any atom is -0.455 e. The van der Waals surface area contributed by atoms with E-state index in [4.69, 9.17) is 15.2 Å². The van der Waals surface area contributed by atoms with Crippen LogP contribution < -0.4 is 21.9 Å². The summed E-state index contributed by atoms with van der Waals surface area (Å²) in [5.74, 6) is -2.55. The number of nitrogens with zero attached hydrogens (tertiary/aromatic N) is 3. The Hall–Kier alpha value is -4.71. The monoisotopic (exact) mass is 549 g/mol. The number of H-pyrrole nitrogens is 1. The molecule has 1 aliphatic heterocycles. The van der Waals surface area contributed by atoms with E-state index < -0.39 is 35.7 Å². The second-order valence-corrected chi connectivity index (χ2v) is 9.37. The van der Waals surface area contributed by atoms with Crippen molar-refractivity contribution in [3.8, 4) is 0 Å². The molecule has 1 aliphatic rings. The molecule has 4 rings (SSSR count). The van der Waals surface area contributed by atoms with E-state index in [1.54, 1.807) is 29.2 Å². The molecular formula is C28H31N5O7. The Labute approximate surface area is 229 Å². The molecule has 2 heterocycles. The van der Waals surface area contributed by atoms with Gasteiger partial charge in [0.25, 0.3) is 11.5 Å². The van der Waals surface area contributed by atoms with Crippen molar-refractivity contribution in [1.29, 1.82) is 0 Å². The molecule has 0 unspecified atom stereocenters. The highest BCUT2D eigenvalue weighted by atomic mass is 16.5. The Morgan fingerprint density at radius 3 is 2.25 bits per heavy atom. The summed E-state index contributed by atoms with van der Waals surface area (Å²) in [7, 11) is 1.42. The van der Waals surface area contributed by atoms with Crippen LogP contribution in [0.25, 0.3) is 0 Å². The lowest BCUT2D eigenvalue weighted by molar-refractivity contribution is -0.151. The molecule has 3 aromatic rings. The molecule has 12 nitrogen and oxygen atoms in total. The summed E-state index contributed by atoms with van der Waals surface area (Å²) in [6.45, 7) is -0.133. The fraction of sp³-hybridized carbons (Fsp3) is 0.321. The van der Waals surface area contributed by atoms with Crippen LogP contribution in [0.5, 0.6) is 0 Å². The van der Waals surface area contributed by atoms with E-state index in [0.717, 1.165) is 20.6 Å². The maximum Gasteiger partial charge on any atom is 0.330 e. The summed E-state index contributed by atoms with van der Waals surface area (Å²) in [5.41, 5.74) is 6.10. The van der Waals surface area contributed by atoms with Crippen molar-refractivity contribution in [2.45, 2.75) is 19.5 Å². The summed E-state index contributed by atoms with van der Waals surface area (Å²) in [6.07, 6.45) is -0.0235. The van der Waals surface area contributed by atoms with E-state index in [1.807, 2.05) is 36.4 Å². The lowest BCUT2D eigenvalue weighted by Crippen LogP contribution is -2.44. The van der Waals surface area contributed by atoms with Crippen LogP contribution in [0, 0.1) is 5.92 Å². The normalized spacial score (nSPS) is 14.8. The van der Waals surface area contributed by atoms with Crippen LogP contribution in [-0.2, 0) is 36.9 Å². The maximum atomic E-state index is 13.2. The minimum absolute atomic E-state index is 0.0235. The van der Waals surface area contributed by atoms with Crippen molar-refractivity contribution in [3.05, 3.63) is 92.6 Å². The van der Waals surface area contributed by atoms with E-state index in [2.05, 4.69) is 4.98 Å². The first kappa shape index (κ1) is 28.3. The Morgan fingerprint density at radius 1 is 1.00 bits per heavy atom. The molecule has 1 fully saturated rings. The number of likely N-dealkylation sites (tertiary alicyclic amines) is 1. The second-order valence-electron chi connectivity index (χ2n) is 9.37. The number of methoxy groups -OCH3 is 1. The van der Waals surface area contributed by atoms with Crippen molar-refractivity contribution in [2.75, 3.05) is 44.0 Å². The molecule has 0 saturated carbocycles. The molecule has 210 valence electrons. The van der Waals surface area contributed by atoms with E-state index in [-0.39, 0.29) is 50.1 Å². The van der Waals surface area contributed by atoms with E-state index in [9.17, 15) is 24.0 Å². The fourth-order valence-electron chi connectivity index (χ4n) is 4.52. The van der Waals surface area contributed by atoms with Gasteiger partial charge in [-0.3, -0.25) is 33.6 Å². The number of hydrogen-bond donors (Lipinski definition) is 2. The number of aromatic nitrogens is 2. The Bertz CT molecular complexity index is 1470. The average Bonchev–Trinajstić information content (AvgIpc) is 3.32. The number of amides is 2. The van der Waals surface area contributed by atoms with E-state index in [1.165, 1.54) is 7.11 Å². The molecule has 0 aliphatic carbocycles. The molecule has 0 radical (unpaired) electrons. The molecule has 1 aromatic heterocycles. The Morgan fingerprint density at radius 2 is 1.62 bits per heavy atom. The van der Waals surface area contributed by atoms with Gasteiger partial charge in [0, 0.05) is 33.2 Å². The van der Waals surface area contributed by atoms with Crippen LogP contribution in [0.15, 0.2) is 70.3 Å². The first-order valence-electron chi connectivity index (χ1n) is 12.7. The minimum atomic E-state index is -0.861. The zero-order chi connectivity index (χ0) is 28.6. The zero-order valence-electron chi connectivity index (χ0n) is 22.1. The quantitative estimate of drug-likeness (QED) is 0.332. The number of carbonyl (C=O) groups excluding carboxylic acids is 3. The third kappa shape index (κ3) is 6.64. The second kappa shape index (κ2) is 12.9. The van der Waals surface area contributed by atoms with E-state index in [0.29, 0.717) is 6.54 Å². The highest BCUT2D eigenvalue weighted by Gasteiger charge is 2.36. The van der Waals surface area contributed by atoms with Gasteiger partial charge in [-0.15, -0.1) is 0 Å². The highest BCUT2D eigenvalue weighted by Crippen LogP contribution is 2.22. The summed E-state index contributed by atoms with van der Waals surface area (Å²) in [5, 5.41) is 0. The van der Waals surface area contributed by atoms with Gasteiger partial charge in [0.2, 0.25) is 5.91 Å². The van der Waals surface area contributed by atoms with Gasteiger partial charge < -0.3 is 20.1 Å². The number of nitrogens with one attached hydrogen (secondary N) is 1. The lowest BCUT2D eigenvalue weighted by Gasteiger charge is -2.24. The van der Waals surface area contributed by atoms with E-state index >= 15 is 0 Å². The topological polar surface area (TPSA) is 157 Å². The number of benzene rings is 2. The van der Waals surface area contributed by atoms with Crippen molar-refractivity contribution in [3.63, 3.8) is 0 Å². The predicted octanol–water partition coefficient (Wildman–Crippen LogP) is 0.738. The number of nitrogen functional groups attached to an aromatic ring is 1. The summed E-state index contributed by atoms with van der Waals surface area (Å²) in [4.78, 5) is 68.6. The molecule has 2 amide bonds. The van der Waals surface area contributed by atoms with Crippen LogP contribution in [0.2, 0.25) is 0 Å². The molecule has 12 heteroatoms. The maximum absolute atomic E-state index is 13.2. The fourth-order valence-corrected chi connectivity index (χ4v) is 4.52. The molecule has 1 atom stereocenters. The summed E-state index contributed by atoms with van der Waals surface area (Å²) >= 11 is 0. The smallest absolute Gasteiger partial charge is 0.330 e. The lowest BCUT2D eigenvalue weighted by atomic mass is 10.1. The Balaban J connectivity index is 1.47. The molecule has 3 N–H and O–H groups in total. The van der Waals surface area contributed by atoms with Crippen molar-refractivity contribution >= 4 is 29.3 Å². The molecule has 0 spiro atoms. The van der Waals surface area contributed by atoms with Crippen LogP contribution in [0.1, 0.15) is 17.5 Å². The molecule has 40 heavy (non-hydrogen) atoms. The van der Waals surface area contributed by atoms with Crippen molar-refractivity contribution < 1.29 is 23.9 Å². The number of hydrogen-bond acceptors (Lipinski definition) is 8. The molecular weight excluding hydrogens is 518 g/mol. The number of ether oxygens (including phenoxy) is 2. The first-order valence-corrected chi connectivity index (χ1v) is 12.7. The van der Waals surface area contributed by atoms with Gasteiger partial charge in [0.1, 0.15) is 5.82 Å². The van der Waals surface area contributed by atoms with Crippen LogP contribution in [-0.4, -0.2) is 65.6 Å². The van der Waals surface area contributed by atoms with Gasteiger partial charge >= 0.3 is 11.7 Å². The van der Waals surface area contributed by atoms with Gasteiger partial charge in [-0.2, -0.15) is 0 Å². The van der Waals surface area contributed by atoms with Crippen LogP contribution >= 0.6 is 0 Å². The third-order valence-corrected chi connectivity index (χ3v) is 6.59. The van der Waals surface area contributed by atoms with Crippen molar-refractivity contribution in [2.24, 2.45) is 5.92 Å². The highest BCUT2D eigenvalue weighted by molar-refractivity contribution is 5.97. The predicted molar refractivity (Wildman–Crippen MR) is 146 cm³/mol. The van der Waals surface area contributed by atoms with Gasteiger partial charge in [-0.1, -0.05) is 60.7 Å². The SMILES string of the molecule is COCCN(C(=O)COC(=O)[C@H]1CC(=O)N(Cc2ccccc2)C1)c1c(N)n(Cc2ccccc2)c(=O)[nH]c1=O. The van der Waals surface area contributed by atoms with Gasteiger partial charge in [0.05, 0.1) is 19.1 Å². The third-order valence-electron chi connectivity index (χ3n) is 6.59.